The fourth-order valence-corrected chi connectivity index (χ4v) is 5.94. The van der Waals surface area contributed by atoms with E-state index in [1.807, 2.05) is 43.9 Å². The average molecular weight is 545 g/mol. The quantitative estimate of drug-likeness (QED) is 0.253. The predicted molar refractivity (Wildman–Crippen MR) is 161 cm³/mol. The number of carboxylic acid groups (broad SMARTS) is 1. The third-order valence-corrected chi connectivity index (χ3v) is 7.91. The van der Waals surface area contributed by atoms with E-state index in [4.69, 9.17) is 9.84 Å². The van der Waals surface area contributed by atoms with E-state index >= 15 is 0 Å². The maximum atomic E-state index is 13.8. The Morgan fingerprint density at radius 1 is 0.950 bits per heavy atom. The van der Waals surface area contributed by atoms with Crippen LogP contribution in [0.1, 0.15) is 76.5 Å². The molecule has 0 aliphatic carbocycles. The molecule has 0 saturated carbocycles. The van der Waals surface area contributed by atoms with Gasteiger partial charge in [0.05, 0.1) is 6.04 Å². The SMILES string of the molecule is C[C@H](c1cccc2ccccc12)N(C[C@H]1CN(CCCCCC(=O)O)C[C@@H]1c1ccccc1)C(=O)OC(C)(C)C. The Hall–Kier alpha value is -3.38. The molecular weight excluding hydrogens is 500 g/mol. The molecule has 1 N–H and O–H groups in total. The first-order valence-corrected chi connectivity index (χ1v) is 14.6. The highest BCUT2D eigenvalue weighted by molar-refractivity contribution is 5.86. The van der Waals surface area contributed by atoms with E-state index in [1.165, 1.54) is 5.56 Å². The van der Waals surface area contributed by atoms with Gasteiger partial charge in [0.2, 0.25) is 0 Å². The van der Waals surface area contributed by atoms with Crippen molar-refractivity contribution in [3.05, 3.63) is 83.9 Å². The number of carbonyl (C=O) groups is 2. The first kappa shape index (κ1) is 29.6. The molecule has 0 aromatic heterocycles. The van der Waals surface area contributed by atoms with Crippen molar-refractivity contribution in [2.45, 2.75) is 70.9 Å². The molecule has 1 aliphatic rings. The van der Waals surface area contributed by atoms with E-state index in [1.54, 1.807) is 0 Å². The van der Waals surface area contributed by atoms with E-state index in [2.05, 4.69) is 66.4 Å². The molecule has 3 atom stereocenters. The normalized spacial score (nSPS) is 18.5. The molecule has 214 valence electrons. The van der Waals surface area contributed by atoms with Gasteiger partial charge >= 0.3 is 12.1 Å². The second kappa shape index (κ2) is 13.3. The summed E-state index contributed by atoms with van der Waals surface area (Å²) in [6, 6.07) is 25.1. The van der Waals surface area contributed by atoms with Crippen LogP contribution in [0.2, 0.25) is 0 Å². The maximum absolute atomic E-state index is 13.8. The number of amides is 1. The van der Waals surface area contributed by atoms with Gasteiger partial charge in [-0.1, -0.05) is 79.2 Å². The van der Waals surface area contributed by atoms with Gasteiger partial charge in [0.25, 0.3) is 0 Å². The summed E-state index contributed by atoms with van der Waals surface area (Å²) in [6.07, 6.45) is 2.54. The Bertz CT molecular complexity index is 1260. The number of hydrogen-bond acceptors (Lipinski definition) is 4. The number of carboxylic acids is 1. The van der Waals surface area contributed by atoms with Crippen molar-refractivity contribution in [3.63, 3.8) is 0 Å². The number of fused-ring (bicyclic) bond motifs is 1. The maximum Gasteiger partial charge on any atom is 0.410 e. The molecule has 0 radical (unpaired) electrons. The molecule has 40 heavy (non-hydrogen) atoms. The summed E-state index contributed by atoms with van der Waals surface area (Å²) in [5.74, 6) is -0.191. The second-order valence-electron chi connectivity index (χ2n) is 12.1. The lowest BCUT2D eigenvalue weighted by molar-refractivity contribution is -0.137. The lowest BCUT2D eigenvalue weighted by Gasteiger charge is -2.35. The summed E-state index contributed by atoms with van der Waals surface area (Å²) in [7, 11) is 0. The Balaban J connectivity index is 1.59. The van der Waals surface area contributed by atoms with Crippen LogP contribution in [-0.4, -0.2) is 58.7 Å². The van der Waals surface area contributed by atoms with Gasteiger partial charge in [-0.25, -0.2) is 4.79 Å². The molecular formula is C34H44N2O4. The standard InChI is InChI=1S/C34H44N2O4/c1-25(29-19-13-17-26-16-10-11-18-30(26)29)36(33(39)40-34(2,3)4)23-28-22-35(21-12-6-9-20-32(37)38)24-31(28)27-14-7-5-8-15-27/h5,7-8,10-11,13-19,25,28,31H,6,9,12,20-24H2,1-4H3,(H,37,38)/t25-,28-,31-/m1/s1. The number of hydrogen-bond donors (Lipinski definition) is 1. The number of carbonyl (C=O) groups excluding carboxylic acids is 1. The van der Waals surface area contributed by atoms with Gasteiger partial charge in [0.1, 0.15) is 5.60 Å². The van der Waals surface area contributed by atoms with Crippen LogP contribution in [0.5, 0.6) is 0 Å². The van der Waals surface area contributed by atoms with Crippen LogP contribution in [0, 0.1) is 5.92 Å². The monoisotopic (exact) mass is 544 g/mol. The van der Waals surface area contributed by atoms with Crippen LogP contribution in [0.3, 0.4) is 0 Å². The van der Waals surface area contributed by atoms with Gasteiger partial charge in [-0.05, 0) is 74.9 Å². The molecule has 1 amide bonds. The Morgan fingerprint density at radius 3 is 2.38 bits per heavy atom. The number of benzene rings is 3. The van der Waals surface area contributed by atoms with E-state index < -0.39 is 11.6 Å². The van der Waals surface area contributed by atoms with E-state index in [-0.39, 0.29) is 24.5 Å². The Labute approximate surface area is 238 Å². The van der Waals surface area contributed by atoms with Crippen LogP contribution in [0.4, 0.5) is 4.79 Å². The smallest absolute Gasteiger partial charge is 0.410 e. The molecule has 3 aromatic rings. The zero-order valence-corrected chi connectivity index (χ0v) is 24.4. The number of nitrogens with zero attached hydrogens (tertiary/aromatic N) is 2. The lowest BCUT2D eigenvalue weighted by atomic mass is 9.88. The summed E-state index contributed by atoms with van der Waals surface area (Å²) in [5, 5.41) is 11.3. The van der Waals surface area contributed by atoms with Crippen molar-refractivity contribution in [2.24, 2.45) is 5.92 Å². The Morgan fingerprint density at radius 2 is 1.65 bits per heavy atom. The summed E-state index contributed by atoms with van der Waals surface area (Å²) in [4.78, 5) is 29.1. The van der Waals surface area contributed by atoms with Crippen molar-refractivity contribution in [1.29, 1.82) is 0 Å². The molecule has 6 heteroatoms. The van der Waals surface area contributed by atoms with Crippen molar-refractivity contribution < 1.29 is 19.4 Å². The predicted octanol–water partition coefficient (Wildman–Crippen LogP) is 7.50. The highest BCUT2D eigenvalue weighted by Gasteiger charge is 2.38. The van der Waals surface area contributed by atoms with Crippen molar-refractivity contribution in [3.8, 4) is 0 Å². The number of rotatable bonds is 11. The Kier molecular flexibility index (Phi) is 9.85. The fourth-order valence-electron chi connectivity index (χ4n) is 5.94. The van der Waals surface area contributed by atoms with Crippen molar-refractivity contribution >= 4 is 22.8 Å². The molecule has 1 fully saturated rings. The average Bonchev–Trinajstić information content (AvgIpc) is 3.32. The third-order valence-electron chi connectivity index (χ3n) is 7.91. The molecule has 3 aromatic carbocycles. The van der Waals surface area contributed by atoms with E-state index in [0.29, 0.717) is 18.9 Å². The van der Waals surface area contributed by atoms with E-state index in [0.717, 1.165) is 48.8 Å². The summed E-state index contributed by atoms with van der Waals surface area (Å²) in [5.41, 5.74) is 1.82. The largest absolute Gasteiger partial charge is 0.481 e. The van der Waals surface area contributed by atoms with Gasteiger partial charge in [-0.15, -0.1) is 0 Å². The number of unbranched alkanes of at least 4 members (excludes halogenated alkanes) is 2. The van der Waals surface area contributed by atoms with Crippen LogP contribution in [-0.2, 0) is 9.53 Å². The number of likely N-dealkylation sites (tertiary alicyclic amines) is 1. The molecule has 1 saturated heterocycles. The highest BCUT2D eigenvalue weighted by atomic mass is 16.6. The first-order chi connectivity index (χ1) is 19.1. The van der Waals surface area contributed by atoms with Crippen LogP contribution < -0.4 is 0 Å². The van der Waals surface area contributed by atoms with Gasteiger partial charge in [-0.2, -0.15) is 0 Å². The minimum Gasteiger partial charge on any atom is -0.481 e. The number of aliphatic carboxylic acids is 1. The fraction of sp³-hybridized carbons (Fsp3) is 0.471. The number of ether oxygens (including phenoxy) is 1. The van der Waals surface area contributed by atoms with Crippen LogP contribution in [0.15, 0.2) is 72.8 Å². The first-order valence-electron chi connectivity index (χ1n) is 14.6. The second-order valence-corrected chi connectivity index (χ2v) is 12.1. The molecule has 0 unspecified atom stereocenters. The molecule has 0 bridgehead atoms. The van der Waals surface area contributed by atoms with Gasteiger partial charge < -0.3 is 19.6 Å². The molecule has 1 aliphatic heterocycles. The third kappa shape index (κ3) is 7.85. The minimum absolute atomic E-state index is 0.164. The van der Waals surface area contributed by atoms with Gasteiger partial charge in [0.15, 0.2) is 0 Å². The summed E-state index contributed by atoms with van der Waals surface area (Å²) < 4.78 is 5.97. The van der Waals surface area contributed by atoms with Crippen LogP contribution >= 0.6 is 0 Å². The van der Waals surface area contributed by atoms with Gasteiger partial charge in [0, 0.05) is 32.0 Å². The van der Waals surface area contributed by atoms with Crippen LogP contribution in [0.25, 0.3) is 10.8 Å². The van der Waals surface area contributed by atoms with Crippen molar-refractivity contribution in [1.82, 2.24) is 9.80 Å². The molecule has 1 heterocycles. The lowest BCUT2D eigenvalue weighted by Crippen LogP contribution is -2.42. The molecule has 4 rings (SSSR count). The molecule has 0 spiro atoms. The van der Waals surface area contributed by atoms with Gasteiger partial charge in [-0.3, -0.25) is 4.79 Å². The van der Waals surface area contributed by atoms with Crippen molar-refractivity contribution in [2.75, 3.05) is 26.2 Å². The topological polar surface area (TPSA) is 70.1 Å². The minimum atomic E-state index is -0.729. The summed E-state index contributed by atoms with van der Waals surface area (Å²) in [6.45, 7) is 11.2. The summed E-state index contributed by atoms with van der Waals surface area (Å²) >= 11 is 0. The highest BCUT2D eigenvalue weighted by Crippen LogP contribution is 2.37. The zero-order chi connectivity index (χ0) is 28.7. The molecule has 6 nitrogen and oxygen atoms in total. The van der Waals surface area contributed by atoms with E-state index in [9.17, 15) is 9.59 Å². The zero-order valence-electron chi connectivity index (χ0n) is 24.4.